The van der Waals surface area contributed by atoms with E-state index >= 15 is 0 Å². The Kier molecular flexibility index (Phi) is 7.61. The van der Waals surface area contributed by atoms with Crippen LogP contribution in [0.3, 0.4) is 0 Å². The molecule has 0 aliphatic carbocycles. The molecule has 0 aromatic heterocycles. The van der Waals surface area contributed by atoms with E-state index in [2.05, 4.69) is 5.32 Å². The average Bonchev–Trinajstić information content (AvgIpc) is 2.81. The number of esters is 1. The van der Waals surface area contributed by atoms with E-state index in [-0.39, 0.29) is 25.0 Å². The van der Waals surface area contributed by atoms with Crippen LogP contribution in [0.5, 0.6) is 5.75 Å². The van der Waals surface area contributed by atoms with Crippen molar-refractivity contribution in [3.8, 4) is 5.75 Å². The van der Waals surface area contributed by atoms with E-state index in [0.717, 1.165) is 22.4 Å². The molecule has 1 N–H and O–H groups in total. The third-order valence-electron chi connectivity index (χ3n) is 4.73. The van der Waals surface area contributed by atoms with Crippen LogP contribution < -0.4 is 10.1 Å². The van der Waals surface area contributed by atoms with E-state index in [0.29, 0.717) is 6.42 Å². The summed E-state index contributed by atoms with van der Waals surface area (Å²) in [6.07, 6.45) is 0.662. The first kappa shape index (κ1) is 21.1. The van der Waals surface area contributed by atoms with E-state index in [1.807, 2.05) is 84.9 Å². The first-order valence-corrected chi connectivity index (χ1v) is 9.84. The highest BCUT2D eigenvalue weighted by atomic mass is 16.5. The van der Waals surface area contributed by atoms with Gasteiger partial charge in [0.25, 0.3) is 5.91 Å². The van der Waals surface area contributed by atoms with Crippen LogP contribution >= 0.6 is 0 Å². The van der Waals surface area contributed by atoms with Crippen molar-refractivity contribution in [2.24, 2.45) is 0 Å². The molecular weight excluding hydrogens is 378 g/mol. The predicted octanol–water partition coefficient (Wildman–Crippen LogP) is 4.08. The van der Waals surface area contributed by atoms with Gasteiger partial charge in [0.1, 0.15) is 5.75 Å². The Morgan fingerprint density at radius 1 is 0.833 bits per heavy atom. The largest absolute Gasteiger partial charge is 0.496 e. The normalized spacial score (nSPS) is 10.5. The Morgan fingerprint density at radius 3 is 2.00 bits per heavy atom. The fraction of sp³-hybridized carbons (Fsp3) is 0.200. The highest BCUT2D eigenvalue weighted by molar-refractivity contribution is 5.81. The molecule has 30 heavy (non-hydrogen) atoms. The highest BCUT2D eigenvalue weighted by Crippen LogP contribution is 2.22. The molecular formula is C25H25NO4. The quantitative estimate of drug-likeness (QED) is 0.547. The fourth-order valence-corrected chi connectivity index (χ4v) is 3.22. The molecule has 0 saturated heterocycles. The Hall–Kier alpha value is -3.60. The topological polar surface area (TPSA) is 64.6 Å². The lowest BCUT2D eigenvalue weighted by Gasteiger charge is -2.20. The Labute approximate surface area is 176 Å². The zero-order chi connectivity index (χ0) is 21.2. The van der Waals surface area contributed by atoms with E-state index in [1.165, 1.54) is 0 Å². The second kappa shape index (κ2) is 10.8. The van der Waals surface area contributed by atoms with Gasteiger partial charge in [-0.15, -0.1) is 0 Å². The van der Waals surface area contributed by atoms with Gasteiger partial charge in [0.15, 0.2) is 6.61 Å². The van der Waals surface area contributed by atoms with Crippen LogP contribution in [0.25, 0.3) is 0 Å². The maximum Gasteiger partial charge on any atom is 0.306 e. The second-order valence-electron chi connectivity index (χ2n) is 6.79. The number of methoxy groups -OCH3 is 1. The summed E-state index contributed by atoms with van der Waals surface area (Å²) >= 11 is 0. The third-order valence-corrected chi connectivity index (χ3v) is 4.73. The van der Waals surface area contributed by atoms with Gasteiger partial charge in [-0.05, 0) is 29.2 Å². The smallest absolute Gasteiger partial charge is 0.306 e. The van der Waals surface area contributed by atoms with Gasteiger partial charge >= 0.3 is 5.97 Å². The lowest BCUT2D eigenvalue weighted by molar-refractivity contribution is -0.148. The number of amides is 1. The monoisotopic (exact) mass is 403 g/mol. The van der Waals surface area contributed by atoms with Crippen molar-refractivity contribution < 1.29 is 19.1 Å². The van der Waals surface area contributed by atoms with Gasteiger partial charge in [-0.2, -0.15) is 0 Å². The van der Waals surface area contributed by atoms with Crippen LogP contribution in [-0.2, 0) is 20.7 Å². The molecule has 1 amide bonds. The molecule has 0 spiro atoms. The van der Waals surface area contributed by atoms with E-state index in [1.54, 1.807) is 7.11 Å². The van der Waals surface area contributed by atoms with E-state index < -0.39 is 5.97 Å². The number of ether oxygens (including phenoxy) is 2. The molecule has 0 aliphatic heterocycles. The zero-order valence-electron chi connectivity index (χ0n) is 16.9. The lowest BCUT2D eigenvalue weighted by Crippen LogP contribution is -2.33. The number of rotatable bonds is 9. The van der Waals surface area contributed by atoms with Crippen LogP contribution in [0.4, 0.5) is 0 Å². The Balaban J connectivity index is 1.55. The average molecular weight is 403 g/mol. The molecule has 0 aliphatic rings. The first-order chi connectivity index (χ1) is 14.7. The molecule has 0 saturated carbocycles. The SMILES string of the molecule is COc1ccccc1CCC(=O)OCC(=O)NC(c1ccccc1)c1ccccc1. The molecule has 154 valence electrons. The molecule has 0 radical (unpaired) electrons. The number of para-hydroxylation sites is 1. The molecule has 3 rings (SSSR count). The summed E-state index contributed by atoms with van der Waals surface area (Å²) in [6.45, 7) is -0.319. The summed E-state index contributed by atoms with van der Waals surface area (Å²) in [5, 5.41) is 2.96. The third kappa shape index (κ3) is 5.95. The van der Waals surface area contributed by atoms with E-state index in [9.17, 15) is 9.59 Å². The summed E-state index contributed by atoms with van der Waals surface area (Å²) < 4.78 is 10.5. The predicted molar refractivity (Wildman–Crippen MR) is 115 cm³/mol. The molecule has 0 fully saturated rings. The zero-order valence-corrected chi connectivity index (χ0v) is 16.9. The number of nitrogens with one attached hydrogen (secondary N) is 1. The summed E-state index contributed by atoms with van der Waals surface area (Å²) in [5.41, 5.74) is 2.84. The number of aryl methyl sites for hydroxylation is 1. The number of carbonyl (C=O) groups is 2. The van der Waals surface area contributed by atoms with Crippen LogP contribution in [0, 0.1) is 0 Å². The van der Waals surface area contributed by atoms with Gasteiger partial charge in [-0.1, -0.05) is 78.9 Å². The number of hydrogen-bond donors (Lipinski definition) is 1. The van der Waals surface area contributed by atoms with Crippen molar-refractivity contribution in [1.82, 2.24) is 5.32 Å². The van der Waals surface area contributed by atoms with Crippen molar-refractivity contribution in [1.29, 1.82) is 0 Å². The Morgan fingerprint density at radius 2 is 1.40 bits per heavy atom. The number of benzene rings is 3. The van der Waals surface area contributed by atoms with Crippen LogP contribution in [0.15, 0.2) is 84.9 Å². The van der Waals surface area contributed by atoms with Gasteiger partial charge < -0.3 is 14.8 Å². The summed E-state index contributed by atoms with van der Waals surface area (Å²) in [6, 6.07) is 26.6. The van der Waals surface area contributed by atoms with Crippen molar-refractivity contribution in [3.05, 3.63) is 102 Å². The van der Waals surface area contributed by atoms with E-state index in [4.69, 9.17) is 9.47 Å². The van der Waals surface area contributed by atoms with Crippen LogP contribution in [0.1, 0.15) is 29.2 Å². The van der Waals surface area contributed by atoms with Crippen molar-refractivity contribution in [3.63, 3.8) is 0 Å². The number of hydrogen-bond acceptors (Lipinski definition) is 4. The van der Waals surface area contributed by atoms with Gasteiger partial charge in [0, 0.05) is 6.42 Å². The van der Waals surface area contributed by atoms with Gasteiger partial charge in [0.2, 0.25) is 0 Å². The molecule has 5 heteroatoms. The standard InChI is InChI=1S/C25H25NO4/c1-29-22-15-9-8-10-19(22)16-17-24(28)30-18-23(27)26-25(20-11-4-2-5-12-20)21-13-6-3-7-14-21/h2-15,25H,16-18H2,1H3,(H,26,27). The molecule has 3 aromatic carbocycles. The molecule has 5 nitrogen and oxygen atoms in total. The second-order valence-corrected chi connectivity index (χ2v) is 6.79. The summed E-state index contributed by atoms with van der Waals surface area (Å²) in [4.78, 5) is 24.6. The molecule has 3 aromatic rings. The van der Waals surface area contributed by atoms with Crippen molar-refractivity contribution >= 4 is 11.9 Å². The van der Waals surface area contributed by atoms with Crippen LogP contribution in [0.2, 0.25) is 0 Å². The van der Waals surface area contributed by atoms with Crippen molar-refractivity contribution in [2.45, 2.75) is 18.9 Å². The minimum atomic E-state index is -0.424. The molecule has 0 heterocycles. The van der Waals surface area contributed by atoms with Gasteiger partial charge in [-0.3, -0.25) is 9.59 Å². The number of carbonyl (C=O) groups excluding carboxylic acids is 2. The summed E-state index contributed by atoms with van der Waals surface area (Å²) in [5.74, 6) is -0.0398. The lowest BCUT2D eigenvalue weighted by atomic mass is 9.99. The molecule has 0 unspecified atom stereocenters. The minimum Gasteiger partial charge on any atom is -0.496 e. The first-order valence-electron chi connectivity index (χ1n) is 9.84. The summed E-state index contributed by atoms with van der Waals surface area (Å²) in [7, 11) is 1.59. The van der Waals surface area contributed by atoms with Crippen LogP contribution in [-0.4, -0.2) is 25.6 Å². The maximum absolute atomic E-state index is 12.5. The molecule has 0 atom stereocenters. The van der Waals surface area contributed by atoms with Gasteiger partial charge in [-0.25, -0.2) is 0 Å². The van der Waals surface area contributed by atoms with Crippen molar-refractivity contribution in [2.75, 3.05) is 13.7 Å². The highest BCUT2D eigenvalue weighted by Gasteiger charge is 2.17. The van der Waals surface area contributed by atoms with Gasteiger partial charge in [0.05, 0.1) is 13.2 Å². The Bertz CT molecular complexity index is 918. The minimum absolute atomic E-state index is 0.175. The fourth-order valence-electron chi connectivity index (χ4n) is 3.22. The maximum atomic E-state index is 12.5. The molecule has 0 bridgehead atoms.